The number of ether oxygens (including phenoxy) is 4. The second-order valence-corrected chi connectivity index (χ2v) is 5.67. The molecule has 0 fully saturated rings. The molecule has 0 aliphatic heterocycles. The number of carbonyl (C=O) groups is 1. The average Bonchev–Trinajstić information content (AvgIpc) is 3.21. The third-order valence-corrected chi connectivity index (χ3v) is 4.21. The molecule has 0 saturated heterocycles. The van der Waals surface area contributed by atoms with E-state index in [9.17, 15) is 9.90 Å². The van der Waals surface area contributed by atoms with E-state index in [1.165, 1.54) is 34.5 Å². The summed E-state index contributed by atoms with van der Waals surface area (Å²) in [5.41, 5.74) is 2.32. The molecule has 2 aromatic carbocycles. The van der Waals surface area contributed by atoms with Crippen molar-refractivity contribution in [3.8, 4) is 45.5 Å². The van der Waals surface area contributed by atoms with Crippen molar-refractivity contribution in [2.45, 2.75) is 0 Å². The molecule has 0 spiro atoms. The molecular weight excluding hydrogens is 389 g/mol. The van der Waals surface area contributed by atoms with Gasteiger partial charge in [-0.25, -0.2) is 4.79 Å². The number of rotatable bonds is 7. The summed E-state index contributed by atoms with van der Waals surface area (Å²) in [6.45, 7) is 0. The molecule has 0 amide bonds. The van der Waals surface area contributed by atoms with E-state index < -0.39 is 5.97 Å². The van der Waals surface area contributed by atoms with Crippen LogP contribution in [0.4, 0.5) is 0 Å². The summed E-state index contributed by atoms with van der Waals surface area (Å²) in [4.78, 5) is 11.5. The summed E-state index contributed by atoms with van der Waals surface area (Å²) in [6, 6.07) is 8.28. The second-order valence-electron chi connectivity index (χ2n) is 5.67. The van der Waals surface area contributed by atoms with Crippen LogP contribution in [0.5, 0.6) is 23.0 Å². The van der Waals surface area contributed by atoms with Gasteiger partial charge >= 0.3 is 35.5 Å². The summed E-state index contributed by atoms with van der Waals surface area (Å²) >= 11 is 0. The molecule has 3 aromatic rings. The standard InChI is InChI=1S/C19H19N3O6.Na.H/c1-25-13-6-5-10(7-12(13)19(23)24)16-17(21-22-20-16)11-8-14(26-2)18(28-4)15(9-11)27-3;;/h5-9H,1-4H3,(H,23,24)(H,20,21,22);;. The topological polar surface area (TPSA) is 116 Å². The van der Waals surface area contributed by atoms with E-state index in [2.05, 4.69) is 15.4 Å². The number of hydrogen-bond acceptors (Lipinski definition) is 7. The first-order valence-electron chi connectivity index (χ1n) is 8.17. The van der Waals surface area contributed by atoms with E-state index in [0.29, 0.717) is 39.8 Å². The van der Waals surface area contributed by atoms with Crippen LogP contribution in [0.2, 0.25) is 0 Å². The van der Waals surface area contributed by atoms with Gasteiger partial charge in [-0.15, -0.1) is 5.10 Å². The van der Waals surface area contributed by atoms with E-state index in [1.54, 1.807) is 24.3 Å². The Morgan fingerprint density at radius 3 is 2.03 bits per heavy atom. The van der Waals surface area contributed by atoms with Crippen LogP contribution in [0.3, 0.4) is 0 Å². The van der Waals surface area contributed by atoms with Crippen molar-refractivity contribution in [2.75, 3.05) is 28.4 Å². The van der Waals surface area contributed by atoms with Crippen molar-refractivity contribution >= 4 is 35.5 Å². The minimum absolute atomic E-state index is 0. The molecule has 1 heterocycles. The summed E-state index contributed by atoms with van der Waals surface area (Å²) < 4.78 is 21.2. The number of hydrogen-bond donors (Lipinski definition) is 2. The van der Waals surface area contributed by atoms with Crippen molar-refractivity contribution < 1.29 is 28.8 Å². The number of nitrogens with zero attached hydrogens (tertiary/aromatic N) is 2. The van der Waals surface area contributed by atoms with Crippen LogP contribution in [0.25, 0.3) is 22.5 Å². The molecule has 9 nitrogen and oxygen atoms in total. The summed E-state index contributed by atoms with van der Waals surface area (Å²) in [5, 5.41) is 20.3. The molecule has 2 N–H and O–H groups in total. The molecule has 29 heavy (non-hydrogen) atoms. The molecule has 0 aliphatic rings. The number of aromatic nitrogens is 3. The van der Waals surface area contributed by atoms with Gasteiger partial charge in [0, 0.05) is 11.1 Å². The average molecular weight is 409 g/mol. The van der Waals surface area contributed by atoms with Gasteiger partial charge in [-0.3, -0.25) is 5.10 Å². The van der Waals surface area contributed by atoms with Gasteiger partial charge in [-0.2, -0.15) is 0 Å². The van der Waals surface area contributed by atoms with Crippen LogP contribution in [-0.2, 0) is 0 Å². The zero-order valence-corrected chi connectivity index (χ0v) is 15.8. The van der Waals surface area contributed by atoms with Crippen molar-refractivity contribution in [3.05, 3.63) is 35.9 Å². The number of methoxy groups -OCH3 is 4. The molecule has 10 heteroatoms. The summed E-state index contributed by atoms with van der Waals surface area (Å²) in [5.74, 6) is 0.550. The van der Waals surface area contributed by atoms with Crippen LogP contribution in [0.15, 0.2) is 30.3 Å². The molecule has 0 bridgehead atoms. The van der Waals surface area contributed by atoms with Gasteiger partial charge in [0.2, 0.25) is 5.75 Å². The van der Waals surface area contributed by atoms with Gasteiger partial charge in [0.05, 0.1) is 34.1 Å². The fourth-order valence-electron chi connectivity index (χ4n) is 2.88. The summed E-state index contributed by atoms with van der Waals surface area (Å²) in [6.07, 6.45) is 0. The van der Waals surface area contributed by atoms with E-state index in [0.717, 1.165) is 0 Å². The number of carboxylic acid groups (broad SMARTS) is 1. The van der Waals surface area contributed by atoms with Gasteiger partial charge in [0.1, 0.15) is 17.0 Å². The fourth-order valence-corrected chi connectivity index (χ4v) is 2.88. The first kappa shape index (κ1) is 22.5. The minimum atomic E-state index is -1.10. The number of aromatic carboxylic acids is 1. The van der Waals surface area contributed by atoms with Gasteiger partial charge < -0.3 is 24.1 Å². The van der Waals surface area contributed by atoms with E-state index in [1.807, 2.05) is 0 Å². The van der Waals surface area contributed by atoms with Crippen LogP contribution in [0, 0.1) is 0 Å². The van der Waals surface area contributed by atoms with E-state index in [-0.39, 0.29) is 40.9 Å². The Morgan fingerprint density at radius 2 is 1.52 bits per heavy atom. The number of benzene rings is 2. The van der Waals surface area contributed by atoms with Gasteiger partial charge in [-0.1, -0.05) is 5.21 Å². The predicted molar refractivity (Wildman–Crippen MR) is 108 cm³/mol. The van der Waals surface area contributed by atoms with E-state index in [4.69, 9.17) is 18.9 Å². The van der Waals surface area contributed by atoms with Crippen molar-refractivity contribution in [3.63, 3.8) is 0 Å². The number of nitrogens with one attached hydrogen (secondary N) is 1. The Morgan fingerprint density at radius 1 is 0.897 bits per heavy atom. The molecule has 1 aromatic heterocycles. The van der Waals surface area contributed by atoms with Crippen LogP contribution < -0.4 is 18.9 Å². The van der Waals surface area contributed by atoms with Crippen LogP contribution in [-0.4, -0.2) is 84.5 Å². The third-order valence-electron chi connectivity index (χ3n) is 4.21. The van der Waals surface area contributed by atoms with Crippen LogP contribution >= 0.6 is 0 Å². The molecule has 0 unspecified atom stereocenters. The summed E-state index contributed by atoms with van der Waals surface area (Å²) in [7, 11) is 5.98. The van der Waals surface area contributed by atoms with Gasteiger partial charge in [-0.05, 0) is 30.3 Å². The molecule has 0 atom stereocenters. The Bertz CT molecular complexity index is 996. The van der Waals surface area contributed by atoms with Gasteiger partial charge in [0.25, 0.3) is 0 Å². The monoisotopic (exact) mass is 409 g/mol. The molecule has 3 rings (SSSR count). The zero-order chi connectivity index (χ0) is 20.3. The maximum atomic E-state index is 11.5. The fraction of sp³-hybridized carbons (Fsp3) is 0.211. The number of aromatic amines is 1. The number of carboxylic acids is 1. The van der Waals surface area contributed by atoms with E-state index >= 15 is 0 Å². The Balaban J connectivity index is 0.00000300. The molecular formula is C19H20N3NaO6. The zero-order valence-electron chi connectivity index (χ0n) is 15.8. The molecule has 0 aliphatic carbocycles. The predicted octanol–water partition coefficient (Wildman–Crippen LogP) is 2.22. The van der Waals surface area contributed by atoms with Gasteiger partial charge in [0.15, 0.2) is 11.5 Å². The Kier molecular flexibility index (Phi) is 7.49. The van der Waals surface area contributed by atoms with Crippen molar-refractivity contribution in [2.24, 2.45) is 0 Å². The Hall–Kier alpha value is -2.75. The molecule has 0 radical (unpaired) electrons. The molecule has 0 saturated carbocycles. The maximum absolute atomic E-state index is 11.5. The molecule has 148 valence electrons. The van der Waals surface area contributed by atoms with Crippen molar-refractivity contribution in [1.29, 1.82) is 0 Å². The second kappa shape index (κ2) is 9.64. The SMILES string of the molecule is COc1ccc(-c2[nH]nnc2-c2cc(OC)c(OC)c(OC)c2)cc1C(=O)O.[NaH]. The first-order chi connectivity index (χ1) is 13.5. The normalized spacial score (nSPS) is 10.1. The van der Waals surface area contributed by atoms with Crippen molar-refractivity contribution in [1.82, 2.24) is 15.4 Å². The van der Waals surface area contributed by atoms with Crippen LogP contribution in [0.1, 0.15) is 10.4 Å². The number of H-pyrrole nitrogens is 1. The Labute approximate surface area is 189 Å². The first-order valence-corrected chi connectivity index (χ1v) is 8.17. The quantitative estimate of drug-likeness (QED) is 0.571. The third kappa shape index (κ3) is 4.31.